The van der Waals surface area contributed by atoms with E-state index in [9.17, 15) is 17.1 Å². The van der Waals surface area contributed by atoms with Crippen LogP contribution in [0.25, 0.3) is 0 Å². The number of amides is 1. The second-order valence-corrected chi connectivity index (χ2v) is 5.05. The highest BCUT2D eigenvalue weighted by molar-refractivity contribution is 7.86. The summed E-state index contributed by atoms with van der Waals surface area (Å²) >= 11 is 0. The minimum absolute atomic E-state index is 0.0275. The molecular formula is C11H14FNO3S. The first-order valence-corrected chi connectivity index (χ1v) is 6.59. The Labute approximate surface area is 100 Å². The number of nitrogens with one attached hydrogen (secondary N) is 1. The molecule has 1 N–H and O–H groups in total. The van der Waals surface area contributed by atoms with E-state index in [2.05, 4.69) is 5.32 Å². The van der Waals surface area contributed by atoms with E-state index >= 15 is 0 Å². The van der Waals surface area contributed by atoms with E-state index in [-0.39, 0.29) is 17.5 Å². The summed E-state index contributed by atoms with van der Waals surface area (Å²) in [6.45, 7) is 3.55. The predicted molar refractivity (Wildman–Crippen MR) is 62.8 cm³/mol. The Hall–Kier alpha value is -1.43. The first kappa shape index (κ1) is 13.6. The summed E-state index contributed by atoms with van der Waals surface area (Å²) in [5.41, 5.74) is -0.0275. The first-order valence-electron chi connectivity index (χ1n) is 5.20. The van der Waals surface area contributed by atoms with Crippen molar-refractivity contribution in [2.75, 3.05) is 5.32 Å². The zero-order chi connectivity index (χ0) is 13.1. The summed E-state index contributed by atoms with van der Waals surface area (Å²) in [5, 5.41) is 2.41. The lowest BCUT2D eigenvalue weighted by molar-refractivity contribution is -0.119. The van der Waals surface area contributed by atoms with E-state index < -0.39 is 15.1 Å². The third-order valence-electron chi connectivity index (χ3n) is 2.47. The number of benzene rings is 1. The van der Waals surface area contributed by atoms with Crippen molar-refractivity contribution in [2.45, 2.75) is 25.2 Å². The van der Waals surface area contributed by atoms with Gasteiger partial charge in [0.2, 0.25) is 5.91 Å². The van der Waals surface area contributed by atoms with E-state index in [4.69, 9.17) is 0 Å². The van der Waals surface area contributed by atoms with Crippen LogP contribution in [0.4, 0.5) is 9.57 Å². The fourth-order valence-corrected chi connectivity index (χ4v) is 1.85. The minimum atomic E-state index is -4.83. The molecule has 0 bridgehead atoms. The molecule has 0 fully saturated rings. The van der Waals surface area contributed by atoms with Crippen molar-refractivity contribution < 1.29 is 17.1 Å². The first-order chi connectivity index (χ1) is 7.86. The van der Waals surface area contributed by atoms with E-state index in [1.165, 1.54) is 18.2 Å². The zero-order valence-electron chi connectivity index (χ0n) is 9.60. The lowest BCUT2D eigenvalue weighted by atomic mass is 10.1. The monoisotopic (exact) mass is 259 g/mol. The smallest absolute Gasteiger partial charge is 0.325 e. The molecule has 0 heterocycles. The number of halogens is 1. The summed E-state index contributed by atoms with van der Waals surface area (Å²) in [6, 6.07) is 5.39. The average molecular weight is 259 g/mol. The van der Waals surface area contributed by atoms with E-state index in [0.29, 0.717) is 6.42 Å². The van der Waals surface area contributed by atoms with E-state index in [0.717, 1.165) is 6.07 Å². The third kappa shape index (κ3) is 3.52. The van der Waals surface area contributed by atoms with Crippen LogP contribution >= 0.6 is 0 Å². The predicted octanol–water partition coefficient (Wildman–Crippen LogP) is 2.33. The van der Waals surface area contributed by atoms with Gasteiger partial charge in [0.25, 0.3) is 0 Å². The maximum Gasteiger partial charge on any atom is 0.334 e. The molecule has 1 aromatic rings. The number of rotatable bonds is 4. The molecule has 1 unspecified atom stereocenters. The molecule has 4 nitrogen and oxygen atoms in total. The van der Waals surface area contributed by atoms with Crippen LogP contribution in [0.3, 0.4) is 0 Å². The Morgan fingerprint density at radius 3 is 2.53 bits per heavy atom. The molecule has 6 heteroatoms. The van der Waals surface area contributed by atoms with Gasteiger partial charge in [-0.2, -0.15) is 8.42 Å². The number of carbonyl (C=O) groups excluding carboxylic acids is 1. The molecule has 0 aromatic heterocycles. The van der Waals surface area contributed by atoms with Gasteiger partial charge in [-0.25, -0.2) is 0 Å². The van der Waals surface area contributed by atoms with Gasteiger partial charge in [-0.1, -0.05) is 26.0 Å². The van der Waals surface area contributed by atoms with Crippen LogP contribution in [0.2, 0.25) is 0 Å². The van der Waals surface area contributed by atoms with Gasteiger partial charge < -0.3 is 5.32 Å². The fourth-order valence-electron chi connectivity index (χ4n) is 1.22. The highest BCUT2D eigenvalue weighted by Crippen LogP contribution is 2.23. The topological polar surface area (TPSA) is 63.2 Å². The van der Waals surface area contributed by atoms with Crippen molar-refractivity contribution in [1.29, 1.82) is 0 Å². The van der Waals surface area contributed by atoms with Gasteiger partial charge in [0.15, 0.2) is 0 Å². The van der Waals surface area contributed by atoms with Crippen molar-refractivity contribution in [2.24, 2.45) is 5.92 Å². The van der Waals surface area contributed by atoms with E-state index in [1.807, 2.05) is 6.92 Å². The number of hydrogen-bond acceptors (Lipinski definition) is 3. The molecule has 1 rings (SSSR count). The van der Waals surface area contributed by atoms with Crippen LogP contribution in [-0.2, 0) is 15.0 Å². The van der Waals surface area contributed by atoms with Crippen LogP contribution in [0, 0.1) is 5.92 Å². The molecule has 1 atom stereocenters. The number of hydrogen-bond donors (Lipinski definition) is 1. The van der Waals surface area contributed by atoms with Crippen molar-refractivity contribution >= 4 is 21.8 Å². The molecule has 1 aromatic carbocycles. The SMILES string of the molecule is CCC(C)C(=O)Nc1ccccc1S(=O)(=O)F. The highest BCUT2D eigenvalue weighted by atomic mass is 32.3. The fraction of sp³-hybridized carbons (Fsp3) is 0.364. The lowest BCUT2D eigenvalue weighted by Crippen LogP contribution is -2.20. The van der Waals surface area contributed by atoms with Crippen LogP contribution in [0.15, 0.2) is 29.2 Å². The molecule has 1 amide bonds. The van der Waals surface area contributed by atoms with Crippen molar-refractivity contribution in [3.8, 4) is 0 Å². The Balaban J connectivity index is 3.04. The summed E-state index contributed by atoms with van der Waals surface area (Å²) in [7, 11) is -4.83. The standard InChI is InChI=1S/C11H14FNO3S/c1-3-8(2)11(14)13-9-6-4-5-7-10(9)17(12,15)16/h4-8H,3H2,1-2H3,(H,13,14). The Morgan fingerprint density at radius 2 is 2.00 bits per heavy atom. The van der Waals surface area contributed by atoms with Crippen molar-refractivity contribution in [1.82, 2.24) is 0 Å². The second kappa shape index (κ2) is 5.27. The van der Waals surface area contributed by atoms with E-state index in [1.54, 1.807) is 6.92 Å². The molecule has 0 aliphatic carbocycles. The van der Waals surface area contributed by atoms with Gasteiger partial charge in [0.05, 0.1) is 5.69 Å². The quantitative estimate of drug-likeness (QED) is 0.844. The van der Waals surface area contributed by atoms with Gasteiger partial charge in [-0.3, -0.25) is 4.79 Å². The molecule has 94 valence electrons. The third-order valence-corrected chi connectivity index (χ3v) is 3.35. The lowest BCUT2D eigenvalue weighted by Gasteiger charge is -2.11. The molecule has 0 spiro atoms. The number of carbonyl (C=O) groups is 1. The van der Waals surface area contributed by atoms with Gasteiger partial charge in [0.1, 0.15) is 4.90 Å². The van der Waals surface area contributed by atoms with Crippen molar-refractivity contribution in [3.63, 3.8) is 0 Å². The number of anilines is 1. The normalized spacial score (nSPS) is 13.1. The largest absolute Gasteiger partial charge is 0.334 e. The summed E-state index contributed by atoms with van der Waals surface area (Å²) in [6.07, 6.45) is 0.621. The van der Waals surface area contributed by atoms with Crippen LogP contribution in [-0.4, -0.2) is 14.3 Å². The average Bonchev–Trinajstić information content (AvgIpc) is 2.27. The molecular weight excluding hydrogens is 245 g/mol. The Morgan fingerprint density at radius 1 is 1.41 bits per heavy atom. The number of para-hydroxylation sites is 1. The van der Waals surface area contributed by atoms with Crippen LogP contribution < -0.4 is 5.32 Å². The van der Waals surface area contributed by atoms with Crippen LogP contribution in [0.1, 0.15) is 20.3 Å². The Bertz CT molecular complexity index is 513. The second-order valence-electron chi connectivity index (χ2n) is 3.73. The summed E-state index contributed by atoms with van der Waals surface area (Å²) < 4.78 is 34.6. The van der Waals surface area contributed by atoms with Gasteiger partial charge in [-0.05, 0) is 18.6 Å². The van der Waals surface area contributed by atoms with Gasteiger partial charge >= 0.3 is 10.2 Å². The zero-order valence-corrected chi connectivity index (χ0v) is 10.4. The van der Waals surface area contributed by atoms with Gasteiger partial charge in [-0.15, -0.1) is 3.89 Å². The maximum absolute atomic E-state index is 12.9. The molecule has 17 heavy (non-hydrogen) atoms. The highest BCUT2D eigenvalue weighted by Gasteiger charge is 2.19. The van der Waals surface area contributed by atoms with Gasteiger partial charge in [0, 0.05) is 5.92 Å². The molecule has 0 aliphatic rings. The molecule has 0 saturated heterocycles. The molecule has 0 radical (unpaired) electrons. The molecule has 0 aliphatic heterocycles. The summed E-state index contributed by atoms with van der Waals surface area (Å²) in [5.74, 6) is -0.589. The Kier molecular flexibility index (Phi) is 4.22. The van der Waals surface area contributed by atoms with Crippen LogP contribution in [0.5, 0.6) is 0 Å². The maximum atomic E-state index is 12.9. The summed E-state index contributed by atoms with van der Waals surface area (Å²) in [4.78, 5) is 11.1. The molecule has 0 saturated carbocycles. The van der Waals surface area contributed by atoms with Crippen molar-refractivity contribution in [3.05, 3.63) is 24.3 Å². The minimum Gasteiger partial charge on any atom is -0.325 e.